The highest BCUT2D eigenvalue weighted by molar-refractivity contribution is 6.06. The van der Waals surface area contributed by atoms with Crippen LogP contribution in [0.5, 0.6) is 0 Å². The number of hydrogen-bond donors (Lipinski definition) is 2. The van der Waals surface area contributed by atoms with Crippen LogP contribution in [0.15, 0.2) is 59.5 Å². The number of pyridine rings is 1. The lowest BCUT2D eigenvalue weighted by Gasteiger charge is -2.10. The predicted molar refractivity (Wildman–Crippen MR) is 115 cm³/mol. The second kappa shape index (κ2) is 8.31. The van der Waals surface area contributed by atoms with Gasteiger partial charge in [-0.2, -0.15) is 0 Å². The first-order valence-electron chi connectivity index (χ1n) is 9.93. The molecule has 6 nitrogen and oxygen atoms in total. The van der Waals surface area contributed by atoms with E-state index < -0.39 is 0 Å². The van der Waals surface area contributed by atoms with Crippen LogP contribution in [0.2, 0.25) is 0 Å². The number of imidazole rings is 1. The number of carbonyl (C=O) groups is 1. The maximum atomic E-state index is 12.6. The summed E-state index contributed by atoms with van der Waals surface area (Å²) >= 11 is 0. The molecule has 0 unspecified atom stereocenters. The number of carbonyl (C=O) groups excluding carboxylic acids is 1. The van der Waals surface area contributed by atoms with Crippen molar-refractivity contribution in [1.82, 2.24) is 19.9 Å². The van der Waals surface area contributed by atoms with Gasteiger partial charge >= 0.3 is 0 Å². The average Bonchev–Trinajstić information content (AvgIpc) is 3.16. The molecule has 148 valence electrons. The van der Waals surface area contributed by atoms with E-state index in [2.05, 4.69) is 15.3 Å². The first-order chi connectivity index (χ1) is 14.1. The molecule has 0 saturated carbocycles. The van der Waals surface area contributed by atoms with E-state index in [1.807, 2.05) is 42.5 Å². The van der Waals surface area contributed by atoms with Gasteiger partial charge in [0.15, 0.2) is 0 Å². The summed E-state index contributed by atoms with van der Waals surface area (Å²) in [5, 5.41) is 4.24. The van der Waals surface area contributed by atoms with E-state index in [1.54, 1.807) is 19.3 Å². The third kappa shape index (κ3) is 4.06. The summed E-state index contributed by atoms with van der Waals surface area (Å²) in [6.07, 6.45) is 5.43. The summed E-state index contributed by atoms with van der Waals surface area (Å²) in [5.41, 5.74) is 2.51. The van der Waals surface area contributed by atoms with E-state index in [9.17, 15) is 9.59 Å². The monoisotopic (exact) mass is 388 g/mol. The van der Waals surface area contributed by atoms with Crippen LogP contribution in [-0.2, 0) is 13.5 Å². The summed E-state index contributed by atoms with van der Waals surface area (Å²) in [5.74, 6) is 0.862. The molecule has 4 rings (SSSR count). The third-order valence-corrected chi connectivity index (χ3v) is 5.15. The molecule has 2 aromatic heterocycles. The number of fused-ring (bicyclic) bond motifs is 2. The predicted octanol–water partition coefficient (Wildman–Crippen LogP) is 3.56. The van der Waals surface area contributed by atoms with Gasteiger partial charge in [0.2, 0.25) is 0 Å². The minimum Gasteiger partial charge on any atom is -0.352 e. The van der Waals surface area contributed by atoms with Gasteiger partial charge in [-0.1, -0.05) is 36.8 Å². The Kier molecular flexibility index (Phi) is 5.42. The fourth-order valence-electron chi connectivity index (χ4n) is 3.61. The summed E-state index contributed by atoms with van der Waals surface area (Å²) in [4.78, 5) is 32.8. The van der Waals surface area contributed by atoms with E-state index in [-0.39, 0.29) is 11.5 Å². The highest BCUT2D eigenvalue weighted by Gasteiger charge is 2.13. The van der Waals surface area contributed by atoms with Crippen molar-refractivity contribution in [2.45, 2.75) is 25.7 Å². The van der Waals surface area contributed by atoms with Crippen molar-refractivity contribution >= 4 is 27.7 Å². The van der Waals surface area contributed by atoms with E-state index in [0.717, 1.165) is 42.5 Å². The molecule has 1 amide bonds. The average molecular weight is 388 g/mol. The van der Waals surface area contributed by atoms with Crippen molar-refractivity contribution in [1.29, 1.82) is 0 Å². The van der Waals surface area contributed by atoms with Crippen molar-refractivity contribution in [3.8, 4) is 0 Å². The Morgan fingerprint density at radius 3 is 2.62 bits per heavy atom. The lowest BCUT2D eigenvalue weighted by Crippen LogP contribution is -2.27. The largest absolute Gasteiger partial charge is 0.352 e. The molecule has 6 heteroatoms. The van der Waals surface area contributed by atoms with Crippen molar-refractivity contribution in [3.63, 3.8) is 0 Å². The molecule has 0 saturated heterocycles. The van der Waals surface area contributed by atoms with Crippen molar-refractivity contribution in [2.24, 2.45) is 7.05 Å². The number of hydrogen-bond acceptors (Lipinski definition) is 3. The van der Waals surface area contributed by atoms with E-state index in [4.69, 9.17) is 0 Å². The maximum absolute atomic E-state index is 12.6. The number of aromatic nitrogens is 3. The normalized spacial score (nSPS) is 11.2. The Morgan fingerprint density at radius 2 is 1.79 bits per heavy atom. The van der Waals surface area contributed by atoms with Gasteiger partial charge in [-0.3, -0.25) is 9.59 Å². The Balaban J connectivity index is 1.29. The van der Waals surface area contributed by atoms with Crippen LogP contribution in [0.4, 0.5) is 0 Å². The van der Waals surface area contributed by atoms with E-state index >= 15 is 0 Å². The SMILES string of the molecule is Cn1cc(C(=O)NCCCCCc2nc3ccccc3[nH]2)c2ccccc2c1=O. The van der Waals surface area contributed by atoms with E-state index in [1.165, 1.54) is 4.57 Å². The molecular formula is C23H24N4O2. The van der Waals surface area contributed by atoms with Gasteiger partial charge in [0.25, 0.3) is 11.5 Å². The van der Waals surface area contributed by atoms with Crippen LogP contribution >= 0.6 is 0 Å². The molecule has 0 aliphatic carbocycles. The first-order valence-corrected chi connectivity index (χ1v) is 9.93. The number of rotatable bonds is 7. The number of nitrogens with zero attached hydrogens (tertiary/aromatic N) is 2. The number of aryl methyl sites for hydroxylation is 2. The summed E-state index contributed by atoms with van der Waals surface area (Å²) < 4.78 is 1.46. The molecule has 0 aliphatic rings. The fraction of sp³-hybridized carbons (Fsp3) is 0.261. The molecule has 0 spiro atoms. The molecular weight excluding hydrogens is 364 g/mol. The van der Waals surface area contributed by atoms with Crippen molar-refractivity contribution < 1.29 is 4.79 Å². The molecule has 2 heterocycles. The number of amides is 1. The van der Waals surface area contributed by atoms with Gasteiger partial charge in [-0.05, 0) is 31.0 Å². The van der Waals surface area contributed by atoms with Gasteiger partial charge in [0.05, 0.1) is 16.6 Å². The highest BCUT2D eigenvalue weighted by atomic mass is 16.2. The van der Waals surface area contributed by atoms with Gasteiger partial charge < -0.3 is 14.9 Å². The van der Waals surface area contributed by atoms with Gasteiger partial charge in [-0.15, -0.1) is 0 Å². The molecule has 2 N–H and O–H groups in total. The Morgan fingerprint density at radius 1 is 1.03 bits per heavy atom. The fourth-order valence-corrected chi connectivity index (χ4v) is 3.61. The number of nitrogens with one attached hydrogen (secondary N) is 2. The standard InChI is InChI=1S/C23H24N4O2/c1-27-15-18(16-9-4-5-10-17(16)23(27)29)22(28)24-14-8-2-3-13-21-25-19-11-6-7-12-20(19)26-21/h4-7,9-12,15H,2-3,8,13-14H2,1H3,(H,24,28)(H,25,26). The minimum absolute atomic E-state index is 0.0947. The van der Waals surface area contributed by atoms with Gasteiger partial charge in [0.1, 0.15) is 5.82 Å². The number of H-pyrrole nitrogens is 1. The lowest BCUT2D eigenvalue weighted by atomic mass is 10.1. The van der Waals surface area contributed by atoms with Crippen LogP contribution in [0.3, 0.4) is 0 Å². The molecule has 29 heavy (non-hydrogen) atoms. The molecule has 0 aliphatic heterocycles. The summed E-state index contributed by atoms with van der Waals surface area (Å²) in [6.45, 7) is 0.607. The molecule has 0 bridgehead atoms. The topological polar surface area (TPSA) is 79.8 Å². The zero-order valence-electron chi connectivity index (χ0n) is 16.4. The van der Waals surface area contributed by atoms with Gasteiger partial charge in [-0.25, -0.2) is 4.98 Å². The van der Waals surface area contributed by atoms with Crippen LogP contribution < -0.4 is 10.9 Å². The molecule has 0 radical (unpaired) electrons. The molecule has 2 aromatic carbocycles. The number of para-hydroxylation sites is 2. The quantitative estimate of drug-likeness (QED) is 0.475. The van der Waals surface area contributed by atoms with Crippen LogP contribution in [0, 0.1) is 0 Å². The molecule has 4 aromatic rings. The Labute approximate surface area is 168 Å². The second-order valence-electron chi connectivity index (χ2n) is 7.27. The van der Waals surface area contributed by atoms with Crippen LogP contribution in [0.1, 0.15) is 35.4 Å². The van der Waals surface area contributed by atoms with Crippen molar-refractivity contribution in [3.05, 3.63) is 76.5 Å². The number of aromatic amines is 1. The maximum Gasteiger partial charge on any atom is 0.258 e. The molecule has 0 atom stereocenters. The van der Waals surface area contributed by atoms with Gasteiger partial charge in [0, 0.05) is 37.0 Å². The zero-order valence-corrected chi connectivity index (χ0v) is 16.4. The zero-order chi connectivity index (χ0) is 20.2. The van der Waals surface area contributed by atoms with Crippen molar-refractivity contribution in [2.75, 3.05) is 6.54 Å². The molecule has 0 fully saturated rings. The smallest absolute Gasteiger partial charge is 0.258 e. The summed E-state index contributed by atoms with van der Waals surface area (Å²) in [6, 6.07) is 15.3. The van der Waals surface area contributed by atoms with E-state index in [0.29, 0.717) is 22.9 Å². The van der Waals surface area contributed by atoms with Crippen LogP contribution in [-0.4, -0.2) is 27.0 Å². The highest BCUT2D eigenvalue weighted by Crippen LogP contribution is 2.15. The lowest BCUT2D eigenvalue weighted by molar-refractivity contribution is 0.0954. The van der Waals surface area contributed by atoms with Crippen LogP contribution in [0.25, 0.3) is 21.8 Å². The summed E-state index contributed by atoms with van der Waals surface area (Å²) in [7, 11) is 1.67. The Bertz CT molecular complexity index is 1190. The number of unbranched alkanes of at least 4 members (excludes halogenated alkanes) is 2. The first kappa shape index (κ1) is 18.9. The number of benzene rings is 2. The second-order valence-corrected chi connectivity index (χ2v) is 7.27. The third-order valence-electron chi connectivity index (χ3n) is 5.15. The minimum atomic E-state index is -0.144. The Hall–Kier alpha value is -3.41.